The SMILES string of the molecule is CC1(C)CC(/C=C/c2ccc(O)c(/C=N/C(C#N)=C(\N)C#N)c2)=CC(=C(C#N)C#N)C1. The van der Waals surface area contributed by atoms with Crippen molar-refractivity contribution in [2.45, 2.75) is 26.7 Å². The van der Waals surface area contributed by atoms with Gasteiger partial charge in [0.25, 0.3) is 0 Å². The number of hydrogen-bond acceptors (Lipinski definition) is 7. The molecule has 0 fully saturated rings. The van der Waals surface area contributed by atoms with Crippen LogP contribution >= 0.6 is 0 Å². The highest BCUT2D eigenvalue weighted by Crippen LogP contribution is 2.39. The minimum Gasteiger partial charge on any atom is -0.507 e. The van der Waals surface area contributed by atoms with Crippen molar-refractivity contribution in [3.63, 3.8) is 0 Å². The molecule has 7 nitrogen and oxygen atoms in total. The molecule has 0 heterocycles. The third kappa shape index (κ3) is 5.94. The zero-order valence-corrected chi connectivity index (χ0v) is 17.2. The summed E-state index contributed by atoms with van der Waals surface area (Å²) in [4.78, 5) is 3.89. The lowest BCUT2D eigenvalue weighted by Crippen LogP contribution is -2.17. The van der Waals surface area contributed by atoms with Crippen molar-refractivity contribution in [3.8, 4) is 30.0 Å². The zero-order valence-electron chi connectivity index (χ0n) is 17.2. The maximum absolute atomic E-state index is 10.1. The third-order valence-electron chi connectivity index (χ3n) is 4.61. The van der Waals surface area contributed by atoms with Gasteiger partial charge in [-0.2, -0.15) is 21.0 Å². The Labute approximate surface area is 181 Å². The van der Waals surface area contributed by atoms with E-state index in [4.69, 9.17) is 16.3 Å². The molecule has 0 aliphatic heterocycles. The number of aliphatic imine (C=N–C) groups is 1. The number of nitrogens with zero attached hydrogens (tertiary/aromatic N) is 5. The molecule has 0 saturated carbocycles. The summed E-state index contributed by atoms with van der Waals surface area (Å²) in [5, 5.41) is 46.3. The summed E-state index contributed by atoms with van der Waals surface area (Å²) in [5.74, 6) is -0.0374. The van der Waals surface area contributed by atoms with E-state index in [-0.39, 0.29) is 28.1 Å². The highest BCUT2D eigenvalue weighted by molar-refractivity contribution is 5.85. The highest BCUT2D eigenvalue weighted by atomic mass is 16.3. The molecule has 7 heteroatoms. The van der Waals surface area contributed by atoms with Crippen LogP contribution in [0.3, 0.4) is 0 Å². The van der Waals surface area contributed by atoms with Crippen LogP contribution in [0, 0.1) is 50.7 Å². The van der Waals surface area contributed by atoms with Crippen LogP contribution in [0.5, 0.6) is 5.75 Å². The summed E-state index contributed by atoms with van der Waals surface area (Å²) in [6, 6.07) is 12.2. The Bertz CT molecular complexity index is 1200. The number of phenolic OH excluding ortho intramolecular Hbond substituents is 1. The van der Waals surface area contributed by atoms with Gasteiger partial charge in [-0.05, 0) is 47.1 Å². The van der Waals surface area contributed by atoms with Crippen molar-refractivity contribution in [2.75, 3.05) is 0 Å². The molecule has 3 N–H and O–H groups in total. The minimum atomic E-state index is -0.306. The van der Waals surface area contributed by atoms with Gasteiger partial charge >= 0.3 is 0 Å². The Morgan fingerprint density at radius 2 is 1.77 bits per heavy atom. The van der Waals surface area contributed by atoms with E-state index in [0.717, 1.165) is 23.1 Å². The summed E-state index contributed by atoms with van der Waals surface area (Å²) in [6.07, 6.45) is 8.35. The maximum Gasteiger partial charge on any atom is 0.174 e. The van der Waals surface area contributed by atoms with Gasteiger partial charge in [0, 0.05) is 11.8 Å². The first-order valence-corrected chi connectivity index (χ1v) is 9.32. The fraction of sp³-hybridized carbons (Fsp3) is 0.208. The topological polar surface area (TPSA) is 154 Å². The van der Waals surface area contributed by atoms with Crippen molar-refractivity contribution < 1.29 is 5.11 Å². The van der Waals surface area contributed by atoms with Crippen molar-refractivity contribution in [1.82, 2.24) is 0 Å². The smallest absolute Gasteiger partial charge is 0.174 e. The van der Waals surface area contributed by atoms with Gasteiger partial charge in [0.05, 0.1) is 0 Å². The van der Waals surface area contributed by atoms with Crippen molar-refractivity contribution in [2.24, 2.45) is 16.1 Å². The number of aromatic hydroxyl groups is 1. The highest BCUT2D eigenvalue weighted by Gasteiger charge is 2.26. The Kier molecular flexibility index (Phi) is 7.14. The molecule has 0 radical (unpaired) electrons. The Morgan fingerprint density at radius 1 is 1.06 bits per heavy atom. The van der Waals surface area contributed by atoms with Crippen LogP contribution in [0.25, 0.3) is 6.08 Å². The van der Waals surface area contributed by atoms with Crippen LogP contribution in [0.15, 0.2) is 63.5 Å². The normalized spacial score (nSPS) is 15.9. The van der Waals surface area contributed by atoms with E-state index in [9.17, 15) is 15.6 Å². The lowest BCUT2D eigenvalue weighted by Gasteiger charge is -2.30. The predicted octanol–water partition coefficient (Wildman–Crippen LogP) is 4.13. The number of phenols is 1. The average molecular weight is 408 g/mol. The molecule has 0 bridgehead atoms. The molecule has 1 aliphatic rings. The van der Waals surface area contributed by atoms with Gasteiger partial charge < -0.3 is 10.8 Å². The first kappa shape index (κ1) is 22.7. The van der Waals surface area contributed by atoms with E-state index < -0.39 is 0 Å². The molecule has 2 rings (SSSR count). The number of nitriles is 4. The molecule has 0 aromatic heterocycles. The average Bonchev–Trinajstić information content (AvgIpc) is 2.74. The fourth-order valence-electron chi connectivity index (χ4n) is 3.22. The largest absolute Gasteiger partial charge is 0.507 e. The van der Waals surface area contributed by atoms with Crippen LogP contribution in [0.2, 0.25) is 0 Å². The second-order valence-electron chi connectivity index (χ2n) is 7.76. The summed E-state index contributed by atoms with van der Waals surface area (Å²) in [7, 11) is 0. The second-order valence-corrected chi connectivity index (χ2v) is 7.76. The van der Waals surface area contributed by atoms with Crippen LogP contribution in [0.4, 0.5) is 0 Å². The molecular formula is C24H20N6O. The molecular weight excluding hydrogens is 388 g/mol. The molecule has 0 saturated heterocycles. The maximum atomic E-state index is 10.1. The summed E-state index contributed by atoms with van der Waals surface area (Å²) < 4.78 is 0. The zero-order chi connectivity index (χ0) is 23.0. The van der Waals surface area contributed by atoms with E-state index in [1.165, 1.54) is 12.3 Å². The van der Waals surface area contributed by atoms with Crippen LogP contribution in [-0.2, 0) is 0 Å². The molecule has 1 aromatic rings. The molecule has 0 unspecified atom stereocenters. The van der Waals surface area contributed by atoms with Crippen molar-refractivity contribution >= 4 is 12.3 Å². The number of hydrogen-bond donors (Lipinski definition) is 2. The first-order valence-electron chi connectivity index (χ1n) is 9.32. The summed E-state index contributed by atoms with van der Waals surface area (Å²) in [5.41, 5.74) is 7.75. The molecule has 0 spiro atoms. The van der Waals surface area contributed by atoms with Crippen LogP contribution in [-0.4, -0.2) is 11.3 Å². The monoisotopic (exact) mass is 408 g/mol. The Hall–Kier alpha value is -4.59. The van der Waals surface area contributed by atoms with Gasteiger partial charge in [-0.1, -0.05) is 38.1 Å². The van der Waals surface area contributed by atoms with E-state index in [2.05, 4.69) is 18.8 Å². The quantitative estimate of drug-likeness (QED) is 0.564. The van der Waals surface area contributed by atoms with Gasteiger partial charge in [0.15, 0.2) is 5.70 Å². The van der Waals surface area contributed by atoms with E-state index >= 15 is 0 Å². The summed E-state index contributed by atoms with van der Waals surface area (Å²) >= 11 is 0. The molecule has 0 amide bonds. The van der Waals surface area contributed by atoms with E-state index in [1.807, 2.05) is 30.4 Å². The van der Waals surface area contributed by atoms with Crippen LogP contribution < -0.4 is 5.73 Å². The van der Waals surface area contributed by atoms with Gasteiger partial charge in [0.1, 0.15) is 41.3 Å². The van der Waals surface area contributed by atoms with E-state index in [1.54, 1.807) is 24.3 Å². The minimum absolute atomic E-state index is 0.0374. The second kappa shape index (κ2) is 9.75. The lowest BCUT2D eigenvalue weighted by molar-refractivity contribution is 0.354. The van der Waals surface area contributed by atoms with Gasteiger partial charge in [-0.3, -0.25) is 0 Å². The standard InChI is InChI=1S/C24H20N6O/c1-24(2)9-17(8-18(10-24)20(11-25)12-26)4-3-16-5-6-23(31)19(7-16)15-30-22(14-28)21(29)13-27/h3-8,15,31H,9-10,29H2,1-2H3/b4-3+,22-21-,30-15+. The number of nitrogens with two attached hydrogens (primary N) is 1. The van der Waals surface area contributed by atoms with E-state index in [0.29, 0.717) is 12.0 Å². The Balaban J connectivity index is 2.38. The summed E-state index contributed by atoms with van der Waals surface area (Å²) in [6.45, 7) is 4.17. The number of allylic oxidation sites excluding steroid dienone is 7. The Morgan fingerprint density at radius 3 is 2.39 bits per heavy atom. The molecule has 1 aromatic carbocycles. The molecule has 152 valence electrons. The third-order valence-corrected chi connectivity index (χ3v) is 4.61. The van der Waals surface area contributed by atoms with Gasteiger partial charge in [0.2, 0.25) is 0 Å². The van der Waals surface area contributed by atoms with Gasteiger partial charge in [-0.25, -0.2) is 4.99 Å². The molecule has 0 atom stereocenters. The first-order chi connectivity index (χ1) is 14.7. The van der Waals surface area contributed by atoms with Crippen molar-refractivity contribution in [1.29, 1.82) is 21.0 Å². The predicted molar refractivity (Wildman–Crippen MR) is 117 cm³/mol. The number of rotatable bonds is 4. The van der Waals surface area contributed by atoms with Crippen molar-refractivity contribution in [3.05, 3.63) is 69.6 Å². The molecule has 1 aliphatic carbocycles. The van der Waals surface area contributed by atoms with Gasteiger partial charge in [-0.15, -0.1) is 0 Å². The van der Waals surface area contributed by atoms with Crippen LogP contribution in [0.1, 0.15) is 37.8 Å². The lowest BCUT2D eigenvalue weighted by atomic mass is 9.74. The number of benzene rings is 1. The molecule has 31 heavy (non-hydrogen) atoms. The fourth-order valence-corrected chi connectivity index (χ4v) is 3.22.